The normalized spacial score (nSPS) is 14.5. The summed E-state index contributed by atoms with van der Waals surface area (Å²) < 4.78 is 5.95. The van der Waals surface area contributed by atoms with Gasteiger partial charge in [-0.15, -0.1) is 5.10 Å². The summed E-state index contributed by atoms with van der Waals surface area (Å²) in [4.78, 5) is 15.8. The number of carbonyl (C=O) groups excluding carboxylic acids is 1. The minimum atomic E-state index is -0.302. The molecule has 18 heavy (non-hydrogen) atoms. The van der Waals surface area contributed by atoms with E-state index in [2.05, 4.69) is 36.4 Å². The molecule has 1 aliphatic carbocycles. The number of carbonyl (C=O) groups is 1. The number of halogens is 1. The molecule has 2 heterocycles. The van der Waals surface area contributed by atoms with Crippen molar-refractivity contribution in [3.05, 3.63) is 34.4 Å². The Morgan fingerprint density at radius 2 is 2.28 bits per heavy atom. The Hall–Kier alpha value is -1.76. The van der Waals surface area contributed by atoms with E-state index in [1.54, 1.807) is 18.3 Å². The first kappa shape index (κ1) is 11.3. The van der Waals surface area contributed by atoms with Gasteiger partial charge in [-0.25, -0.2) is 4.98 Å². The van der Waals surface area contributed by atoms with Gasteiger partial charge in [-0.1, -0.05) is 5.10 Å². The minimum Gasteiger partial charge on any atom is -0.408 e. The van der Waals surface area contributed by atoms with Crippen molar-refractivity contribution in [2.45, 2.75) is 18.8 Å². The monoisotopic (exact) mass is 308 g/mol. The van der Waals surface area contributed by atoms with Crippen molar-refractivity contribution < 1.29 is 9.21 Å². The summed E-state index contributed by atoms with van der Waals surface area (Å²) >= 11 is 3.20. The summed E-state index contributed by atoms with van der Waals surface area (Å²) in [5.41, 5.74) is 0.475. The van der Waals surface area contributed by atoms with E-state index in [0.717, 1.165) is 12.8 Å². The van der Waals surface area contributed by atoms with E-state index >= 15 is 0 Å². The maximum Gasteiger partial charge on any atom is 0.322 e. The molecular weight excluding hydrogens is 300 g/mol. The first-order valence-electron chi connectivity index (χ1n) is 5.48. The van der Waals surface area contributed by atoms with Crippen LogP contribution in [0.15, 0.2) is 27.3 Å². The van der Waals surface area contributed by atoms with Crippen LogP contribution in [0.1, 0.15) is 35.0 Å². The number of nitrogens with one attached hydrogen (secondary N) is 1. The quantitative estimate of drug-likeness (QED) is 0.880. The van der Waals surface area contributed by atoms with Crippen molar-refractivity contribution in [2.75, 3.05) is 5.32 Å². The number of anilines is 1. The highest BCUT2D eigenvalue weighted by Gasteiger charge is 2.29. The van der Waals surface area contributed by atoms with Gasteiger partial charge in [0.1, 0.15) is 4.60 Å². The molecule has 0 radical (unpaired) electrons. The molecule has 1 amide bonds. The molecule has 2 aromatic rings. The number of aromatic nitrogens is 3. The third kappa shape index (κ3) is 2.40. The first-order valence-corrected chi connectivity index (χ1v) is 6.28. The fourth-order valence-electron chi connectivity index (χ4n) is 1.49. The van der Waals surface area contributed by atoms with Crippen molar-refractivity contribution in [3.63, 3.8) is 0 Å². The third-order valence-electron chi connectivity index (χ3n) is 2.58. The van der Waals surface area contributed by atoms with Gasteiger partial charge in [0, 0.05) is 17.7 Å². The number of hydrogen-bond donors (Lipinski definition) is 1. The molecule has 7 heteroatoms. The third-order valence-corrected chi connectivity index (χ3v) is 3.01. The van der Waals surface area contributed by atoms with Gasteiger partial charge in [0.15, 0.2) is 0 Å². The second-order valence-electron chi connectivity index (χ2n) is 4.04. The van der Waals surface area contributed by atoms with E-state index in [1.165, 1.54) is 0 Å². The van der Waals surface area contributed by atoms with Crippen LogP contribution < -0.4 is 5.32 Å². The predicted octanol–water partition coefficient (Wildman–Crippen LogP) is 2.36. The second-order valence-corrected chi connectivity index (χ2v) is 4.85. The van der Waals surface area contributed by atoms with Gasteiger partial charge >= 0.3 is 6.01 Å². The van der Waals surface area contributed by atoms with E-state index < -0.39 is 0 Å². The summed E-state index contributed by atoms with van der Waals surface area (Å²) in [5, 5.41) is 10.2. The molecule has 0 bridgehead atoms. The summed E-state index contributed by atoms with van der Waals surface area (Å²) in [5.74, 6) is 0.670. The number of rotatable bonds is 3. The van der Waals surface area contributed by atoms with Gasteiger partial charge in [-0.05, 0) is 40.9 Å². The van der Waals surface area contributed by atoms with Gasteiger partial charge in [-0.2, -0.15) is 0 Å². The smallest absolute Gasteiger partial charge is 0.322 e. The number of nitrogens with zero attached hydrogens (tertiary/aromatic N) is 3. The Morgan fingerprint density at radius 3 is 3.00 bits per heavy atom. The van der Waals surface area contributed by atoms with E-state index in [-0.39, 0.29) is 11.9 Å². The van der Waals surface area contributed by atoms with Gasteiger partial charge in [0.25, 0.3) is 5.91 Å². The molecule has 1 N–H and O–H groups in total. The average Bonchev–Trinajstić information content (AvgIpc) is 3.11. The molecule has 0 spiro atoms. The van der Waals surface area contributed by atoms with Crippen LogP contribution in [0.5, 0.6) is 0 Å². The molecule has 0 atom stereocenters. The molecule has 2 aromatic heterocycles. The number of hydrogen-bond acceptors (Lipinski definition) is 5. The molecule has 6 nitrogen and oxygen atoms in total. The van der Waals surface area contributed by atoms with Crippen LogP contribution in [0, 0.1) is 0 Å². The van der Waals surface area contributed by atoms with E-state index in [9.17, 15) is 4.79 Å². The molecule has 0 saturated heterocycles. The number of amides is 1. The highest BCUT2D eigenvalue weighted by atomic mass is 79.9. The second kappa shape index (κ2) is 4.49. The standard InChI is InChI=1S/C11H9BrN4O2/c12-8-5-7(3-4-13-8)9(17)14-11-16-15-10(18-11)6-1-2-6/h3-6H,1-2H2,(H,14,16,17). The maximum atomic E-state index is 11.9. The predicted molar refractivity (Wildman–Crippen MR) is 66.2 cm³/mol. The molecule has 1 saturated carbocycles. The topological polar surface area (TPSA) is 80.9 Å². The van der Waals surface area contributed by atoms with Crippen molar-refractivity contribution >= 4 is 27.9 Å². The summed E-state index contributed by atoms with van der Waals surface area (Å²) in [7, 11) is 0. The molecule has 1 fully saturated rings. The lowest BCUT2D eigenvalue weighted by atomic mass is 10.2. The molecule has 0 aliphatic heterocycles. The summed E-state index contributed by atoms with van der Waals surface area (Å²) in [6.45, 7) is 0. The van der Waals surface area contributed by atoms with Crippen LogP contribution in [0.25, 0.3) is 0 Å². The van der Waals surface area contributed by atoms with Crippen LogP contribution in [-0.2, 0) is 0 Å². The molecule has 0 unspecified atom stereocenters. The molecule has 1 aliphatic rings. The SMILES string of the molecule is O=C(Nc1nnc(C2CC2)o1)c1ccnc(Br)c1. The summed E-state index contributed by atoms with van der Waals surface area (Å²) in [6, 6.07) is 3.36. The average molecular weight is 309 g/mol. The Kier molecular flexibility index (Phi) is 2.83. The van der Waals surface area contributed by atoms with Crippen LogP contribution in [-0.4, -0.2) is 21.1 Å². The van der Waals surface area contributed by atoms with E-state index in [0.29, 0.717) is 22.0 Å². The molecule has 92 valence electrons. The lowest BCUT2D eigenvalue weighted by molar-refractivity contribution is 0.102. The van der Waals surface area contributed by atoms with Gasteiger partial charge in [-0.3, -0.25) is 10.1 Å². The highest BCUT2D eigenvalue weighted by Crippen LogP contribution is 2.39. The van der Waals surface area contributed by atoms with Crippen LogP contribution in [0.4, 0.5) is 6.01 Å². The van der Waals surface area contributed by atoms with Crippen molar-refractivity contribution in [1.29, 1.82) is 0 Å². The van der Waals surface area contributed by atoms with Crippen LogP contribution >= 0.6 is 15.9 Å². The zero-order chi connectivity index (χ0) is 12.5. The van der Waals surface area contributed by atoms with Gasteiger partial charge < -0.3 is 4.42 Å². The van der Waals surface area contributed by atoms with Gasteiger partial charge in [0.05, 0.1) is 0 Å². The molecular formula is C11H9BrN4O2. The number of pyridine rings is 1. The van der Waals surface area contributed by atoms with Gasteiger partial charge in [0.2, 0.25) is 5.89 Å². The Labute approximate surface area is 111 Å². The zero-order valence-electron chi connectivity index (χ0n) is 9.26. The maximum absolute atomic E-state index is 11.9. The lowest BCUT2D eigenvalue weighted by Gasteiger charge is -2.00. The Balaban J connectivity index is 1.73. The minimum absolute atomic E-state index is 0.134. The van der Waals surface area contributed by atoms with Crippen LogP contribution in [0.2, 0.25) is 0 Å². The molecule has 3 rings (SSSR count). The Morgan fingerprint density at radius 1 is 1.44 bits per heavy atom. The van der Waals surface area contributed by atoms with E-state index in [1.807, 2.05) is 0 Å². The highest BCUT2D eigenvalue weighted by molar-refractivity contribution is 9.10. The largest absolute Gasteiger partial charge is 0.408 e. The molecule has 0 aromatic carbocycles. The van der Waals surface area contributed by atoms with E-state index in [4.69, 9.17) is 4.42 Å². The van der Waals surface area contributed by atoms with Crippen LogP contribution in [0.3, 0.4) is 0 Å². The van der Waals surface area contributed by atoms with Crippen molar-refractivity contribution in [2.24, 2.45) is 0 Å². The summed E-state index contributed by atoms with van der Waals surface area (Å²) in [6.07, 6.45) is 3.70. The van der Waals surface area contributed by atoms with Crippen molar-refractivity contribution in [1.82, 2.24) is 15.2 Å². The fourth-order valence-corrected chi connectivity index (χ4v) is 1.86. The fraction of sp³-hybridized carbons (Fsp3) is 0.273. The zero-order valence-corrected chi connectivity index (χ0v) is 10.8. The first-order chi connectivity index (χ1) is 8.72. The van der Waals surface area contributed by atoms with Crippen molar-refractivity contribution in [3.8, 4) is 0 Å². The lowest BCUT2D eigenvalue weighted by Crippen LogP contribution is -2.12. The Bertz CT molecular complexity index is 594.